The molecule has 0 spiro atoms. The van der Waals surface area contributed by atoms with Crippen LogP contribution in [0.25, 0.3) is 0 Å². The van der Waals surface area contributed by atoms with E-state index in [-0.39, 0.29) is 27.9 Å². The Balaban J connectivity index is 0.00000161. The molecule has 0 aliphatic rings. The van der Waals surface area contributed by atoms with Crippen LogP contribution in [0.2, 0.25) is 0 Å². The van der Waals surface area contributed by atoms with E-state index in [9.17, 15) is 0 Å². The molecule has 3 aromatic rings. The average molecular weight is 357 g/mol. The van der Waals surface area contributed by atoms with Gasteiger partial charge in [0.05, 0.1) is 10.9 Å². The molecule has 0 bridgehead atoms. The van der Waals surface area contributed by atoms with Gasteiger partial charge in [-0.15, -0.1) is 0 Å². The van der Waals surface area contributed by atoms with Crippen molar-refractivity contribution in [2.24, 2.45) is 0 Å². The summed E-state index contributed by atoms with van der Waals surface area (Å²) in [6.45, 7) is 2.15. The predicted octanol–water partition coefficient (Wildman–Crippen LogP) is 2.09. The Morgan fingerprint density at radius 1 is 0.571 bits per heavy atom. The summed E-state index contributed by atoms with van der Waals surface area (Å²) in [6.07, 6.45) is 0. The van der Waals surface area contributed by atoms with E-state index >= 15 is 0 Å². The van der Waals surface area contributed by atoms with Gasteiger partial charge in [0, 0.05) is 0 Å². The van der Waals surface area contributed by atoms with E-state index in [0.717, 1.165) is 0 Å². The van der Waals surface area contributed by atoms with Gasteiger partial charge >= 0.3 is 0 Å². The van der Waals surface area contributed by atoms with E-state index in [1.165, 1.54) is 20.2 Å². The molecule has 0 heterocycles. The Bertz CT molecular complexity index is 641. The quantitative estimate of drug-likeness (QED) is 0.630. The van der Waals surface area contributed by atoms with E-state index < -0.39 is 0 Å². The molecule has 21 heavy (non-hydrogen) atoms. The molecular formula is C19H17BrS. The predicted molar refractivity (Wildman–Crippen MR) is 86.2 cm³/mol. The van der Waals surface area contributed by atoms with Gasteiger partial charge in [-0.3, -0.25) is 0 Å². The summed E-state index contributed by atoms with van der Waals surface area (Å²) in [7, 11) is -0.0249. The van der Waals surface area contributed by atoms with Crippen LogP contribution in [0.1, 0.15) is 5.56 Å². The highest BCUT2D eigenvalue weighted by atomic mass is 79.9. The summed E-state index contributed by atoms with van der Waals surface area (Å²) in [5, 5.41) is 0. The van der Waals surface area contributed by atoms with Gasteiger partial charge in [-0.1, -0.05) is 48.5 Å². The molecule has 0 radical (unpaired) electrons. The standard InChI is InChI=1S/C19H17S.BrH/c1-16-9-8-14-19(15-16)20(17-10-4-2-5-11-17)18-12-6-3-7-13-18;/h2-15H,1H3;1H/q+1;/p-1. The first-order valence-electron chi connectivity index (χ1n) is 6.76. The van der Waals surface area contributed by atoms with Crippen molar-refractivity contribution in [3.63, 3.8) is 0 Å². The molecule has 106 valence electrons. The van der Waals surface area contributed by atoms with Crippen molar-refractivity contribution < 1.29 is 17.0 Å². The lowest BCUT2D eigenvalue weighted by Crippen LogP contribution is -3.00. The number of halogens is 1. The monoisotopic (exact) mass is 356 g/mol. The fraction of sp³-hybridized carbons (Fsp3) is 0.0526. The van der Waals surface area contributed by atoms with Crippen LogP contribution < -0.4 is 17.0 Å². The number of hydrogen-bond donors (Lipinski definition) is 0. The highest BCUT2D eigenvalue weighted by Crippen LogP contribution is 2.31. The smallest absolute Gasteiger partial charge is 0.166 e. The molecule has 0 unspecified atom stereocenters. The first-order chi connectivity index (χ1) is 9.84. The second-order valence-corrected chi connectivity index (χ2v) is 6.78. The topological polar surface area (TPSA) is 0 Å². The van der Waals surface area contributed by atoms with Gasteiger partial charge in [-0.25, -0.2) is 0 Å². The lowest BCUT2D eigenvalue weighted by Gasteiger charge is -2.08. The van der Waals surface area contributed by atoms with Gasteiger partial charge in [0.2, 0.25) is 0 Å². The van der Waals surface area contributed by atoms with Gasteiger partial charge in [-0.2, -0.15) is 0 Å². The summed E-state index contributed by atoms with van der Waals surface area (Å²) < 4.78 is 0. The maximum atomic E-state index is 2.29. The second kappa shape index (κ2) is 7.48. The molecule has 0 fully saturated rings. The van der Waals surface area contributed by atoms with Gasteiger partial charge in [0.1, 0.15) is 0 Å². The minimum absolute atomic E-state index is 0. The van der Waals surface area contributed by atoms with Crippen LogP contribution in [-0.2, 0) is 10.9 Å². The third kappa shape index (κ3) is 3.78. The fourth-order valence-electron chi connectivity index (χ4n) is 2.26. The lowest BCUT2D eigenvalue weighted by atomic mass is 10.2. The Morgan fingerprint density at radius 2 is 1.05 bits per heavy atom. The zero-order valence-electron chi connectivity index (χ0n) is 11.9. The molecule has 0 saturated heterocycles. The molecule has 0 aromatic heterocycles. The Morgan fingerprint density at radius 3 is 1.52 bits per heavy atom. The van der Waals surface area contributed by atoms with Crippen LogP contribution in [0, 0.1) is 6.92 Å². The molecule has 2 heteroatoms. The largest absolute Gasteiger partial charge is 1.00 e. The maximum absolute atomic E-state index is 2.29. The van der Waals surface area contributed by atoms with E-state index in [2.05, 4.69) is 91.9 Å². The second-order valence-electron chi connectivity index (χ2n) is 4.75. The number of aryl methyl sites for hydroxylation is 1. The summed E-state index contributed by atoms with van der Waals surface area (Å²) in [6, 6.07) is 30.3. The van der Waals surface area contributed by atoms with Crippen LogP contribution in [0.5, 0.6) is 0 Å². The van der Waals surface area contributed by atoms with Crippen molar-refractivity contribution in [3.05, 3.63) is 90.5 Å². The highest BCUT2D eigenvalue weighted by Gasteiger charge is 2.27. The van der Waals surface area contributed by atoms with Gasteiger partial charge < -0.3 is 17.0 Å². The fourth-order valence-corrected chi connectivity index (χ4v) is 4.46. The van der Waals surface area contributed by atoms with Gasteiger partial charge in [-0.05, 0) is 48.9 Å². The van der Waals surface area contributed by atoms with E-state index in [1.54, 1.807) is 0 Å². The molecule has 0 saturated carbocycles. The number of rotatable bonds is 3. The van der Waals surface area contributed by atoms with Gasteiger partial charge in [0.15, 0.2) is 14.7 Å². The molecule has 3 aromatic carbocycles. The van der Waals surface area contributed by atoms with E-state index in [4.69, 9.17) is 0 Å². The first-order valence-corrected chi connectivity index (χ1v) is 7.98. The summed E-state index contributed by atoms with van der Waals surface area (Å²) >= 11 is 0. The Hall–Kier alpha value is -1.51. The third-order valence-electron chi connectivity index (χ3n) is 3.18. The molecular weight excluding hydrogens is 340 g/mol. The van der Waals surface area contributed by atoms with Crippen molar-refractivity contribution in [1.82, 2.24) is 0 Å². The Kier molecular flexibility index (Phi) is 5.66. The van der Waals surface area contributed by atoms with Crippen LogP contribution >= 0.6 is 0 Å². The molecule has 0 atom stereocenters. The average Bonchev–Trinajstić information content (AvgIpc) is 2.50. The molecule has 0 aliphatic carbocycles. The van der Waals surface area contributed by atoms with E-state index in [1.807, 2.05) is 0 Å². The minimum atomic E-state index is -0.0249. The highest BCUT2D eigenvalue weighted by molar-refractivity contribution is 7.97. The summed E-state index contributed by atoms with van der Waals surface area (Å²) in [5.74, 6) is 0. The minimum Gasteiger partial charge on any atom is -1.00 e. The van der Waals surface area contributed by atoms with Crippen LogP contribution in [0.3, 0.4) is 0 Å². The Labute approximate surface area is 140 Å². The first kappa shape index (κ1) is 15.9. The van der Waals surface area contributed by atoms with Crippen molar-refractivity contribution in [2.75, 3.05) is 0 Å². The van der Waals surface area contributed by atoms with Crippen molar-refractivity contribution >= 4 is 10.9 Å². The molecule has 0 amide bonds. The number of hydrogen-bond acceptors (Lipinski definition) is 0. The zero-order valence-corrected chi connectivity index (χ0v) is 14.3. The SMILES string of the molecule is Cc1cccc([S+](c2ccccc2)c2ccccc2)c1.[Br-]. The van der Waals surface area contributed by atoms with Crippen LogP contribution in [-0.4, -0.2) is 0 Å². The van der Waals surface area contributed by atoms with Crippen molar-refractivity contribution in [3.8, 4) is 0 Å². The van der Waals surface area contributed by atoms with Crippen molar-refractivity contribution in [1.29, 1.82) is 0 Å². The number of benzene rings is 3. The molecule has 0 nitrogen and oxygen atoms in total. The lowest BCUT2D eigenvalue weighted by molar-refractivity contribution is -0.00000401. The summed E-state index contributed by atoms with van der Waals surface area (Å²) in [4.78, 5) is 4.11. The molecule has 0 aliphatic heterocycles. The normalized spacial score (nSPS) is 10.2. The zero-order chi connectivity index (χ0) is 13.8. The van der Waals surface area contributed by atoms with Crippen LogP contribution in [0.4, 0.5) is 0 Å². The molecule has 3 rings (SSSR count). The third-order valence-corrected chi connectivity index (χ3v) is 5.40. The van der Waals surface area contributed by atoms with Gasteiger partial charge in [0.25, 0.3) is 0 Å². The maximum Gasteiger partial charge on any atom is 0.166 e. The molecule has 0 N–H and O–H groups in total. The van der Waals surface area contributed by atoms with Crippen molar-refractivity contribution in [2.45, 2.75) is 21.6 Å². The summed E-state index contributed by atoms with van der Waals surface area (Å²) in [5.41, 5.74) is 1.31. The van der Waals surface area contributed by atoms with E-state index in [0.29, 0.717) is 0 Å². The van der Waals surface area contributed by atoms with Crippen LogP contribution in [0.15, 0.2) is 99.6 Å².